The summed E-state index contributed by atoms with van der Waals surface area (Å²) in [5.74, 6) is 10.4. The number of hydrogen-bond acceptors (Lipinski definition) is 2. The molecule has 0 N–H and O–H groups in total. The van der Waals surface area contributed by atoms with E-state index in [1.54, 1.807) is 11.1 Å². The van der Waals surface area contributed by atoms with Crippen molar-refractivity contribution in [2.75, 3.05) is 13.2 Å². The summed E-state index contributed by atoms with van der Waals surface area (Å²) in [5.41, 5.74) is 5.13. The average molecular weight is 2330 g/mol. The molecule has 0 spiro atoms. The van der Waals surface area contributed by atoms with Crippen molar-refractivity contribution in [3.05, 3.63) is 266 Å². The number of fused-ring (bicyclic) bond motifs is 10. The summed E-state index contributed by atoms with van der Waals surface area (Å²) in [4.78, 5) is 0. The van der Waals surface area contributed by atoms with Gasteiger partial charge in [-0.15, -0.1) is 0 Å². The van der Waals surface area contributed by atoms with Crippen LogP contribution in [0.3, 0.4) is 0 Å². The van der Waals surface area contributed by atoms with Crippen molar-refractivity contribution in [2.24, 2.45) is 92.7 Å². The van der Waals surface area contributed by atoms with Gasteiger partial charge < -0.3 is 22.1 Å². The topological polar surface area (TPSA) is 18.5 Å². The molecule has 16 rings (SSSR count). The van der Waals surface area contributed by atoms with Crippen molar-refractivity contribution >= 4 is 215 Å². The molecule has 0 radical (unpaired) electrons. The van der Waals surface area contributed by atoms with Gasteiger partial charge >= 0.3 is 148 Å². The van der Waals surface area contributed by atoms with Crippen LogP contribution in [0.2, 0.25) is 0 Å². The molecule has 16 heteroatoms. The van der Waals surface area contributed by atoms with Crippen LogP contribution in [0.1, 0.15) is 223 Å². The second kappa shape index (κ2) is 49.4. The van der Waals surface area contributed by atoms with Crippen molar-refractivity contribution in [3.8, 4) is 0 Å². The third-order valence-corrected chi connectivity index (χ3v) is 52.5. The van der Waals surface area contributed by atoms with E-state index in [-0.39, 0.29) is 23.0 Å². The standard InChI is InChI=1S/C56H74OP2.C56H72OP2.6ClH.2K.2Pt/c2*1-42(2)21-20-22-43(3)51-33-34-52-50-32-31-44-41-45(35-38-55(44,4)53(50)36-39-56(51,52)5)57-40-37-54(58(6,46-23-12-8-13-24-46)47-25-14-9-15-26-47)59(7,48-27-16-10-17-28-48)49-29-18-11-19-30-49;;;;;;;;;;/h8-19,23-31,42-43,45,50-54H,6-7,20-22,32-41H2,1-5H3;6-19,23-31,42-43,45,50-54H,20-22,32-41H2,1-5H3;6*1H;;;;/q;-2;;;;;;;;;2*+4/p-6/t2*43-,45+,50+,51-,52+,53+,55+,56-;;;;;;;;;;/m11........../s1. The summed E-state index contributed by atoms with van der Waals surface area (Å²) in [6.45, 7) is 17.3. The van der Waals surface area contributed by atoms with Gasteiger partial charge in [-0.3, -0.25) is 0 Å². The normalized spacial score (nSPS) is 27.3. The molecule has 0 amide bonds. The quantitative estimate of drug-likeness (QED) is 0.0193. The van der Waals surface area contributed by atoms with Crippen LogP contribution < -0.4 is 42.4 Å². The number of halogens is 6. The fourth-order valence-electron chi connectivity index (χ4n) is 27.2. The molecule has 690 valence electrons. The Bertz CT molecular complexity index is 4340. The van der Waals surface area contributed by atoms with Crippen LogP contribution in [-0.4, -0.2) is 125 Å². The van der Waals surface area contributed by atoms with E-state index in [0.717, 1.165) is 110 Å². The van der Waals surface area contributed by atoms with E-state index in [0.29, 0.717) is 28.3 Å². The van der Waals surface area contributed by atoms with Gasteiger partial charge in [-0.05, 0) is 249 Å². The first kappa shape index (κ1) is 108. The molecule has 0 aliphatic heterocycles. The van der Waals surface area contributed by atoms with Crippen molar-refractivity contribution in [3.63, 3.8) is 0 Å². The van der Waals surface area contributed by atoms with Crippen LogP contribution in [0, 0.1) is 92.7 Å². The summed E-state index contributed by atoms with van der Waals surface area (Å²) in [7, 11) is 29.8. The van der Waals surface area contributed by atoms with E-state index in [1.807, 2.05) is 0 Å². The predicted molar refractivity (Wildman–Crippen MR) is 572 cm³/mol. The van der Waals surface area contributed by atoms with Crippen molar-refractivity contribution in [1.29, 1.82) is 0 Å². The Morgan fingerprint density at radius 2 is 0.648 bits per heavy atom. The van der Waals surface area contributed by atoms with Crippen LogP contribution >= 0.6 is 84.1 Å². The van der Waals surface area contributed by atoms with Gasteiger partial charge in [0.2, 0.25) is 0 Å². The molecule has 0 bridgehead atoms. The van der Waals surface area contributed by atoms with E-state index in [2.05, 4.69) is 324 Å². The molecule has 8 aromatic rings. The average Bonchev–Trinajstić information content (AvgIpc) is 1.46. The van der Waals surface area contributed by atoms with E-state index >= 15 is 0 Å². The molecule has 8 aliphatic rings. The van der Waals surface area contributed by atoms with Crippen LogP contribution in [0.25, 0.3) is 0 Å². The van der Waals surface area contributed by atoms with Gasteiger partial charge in [0, 0.05) is 18.6 Å². The minimum absolute atomic E-state index is 0.0159. The molecule has 0 aromatic heterocycles. The summed E-state index contributed by atoms with van der Waals surface area (Å²) >= 11 is -1.03. The van der Waals surface area contributed by atoms with Gasteiger partial charge in [-0.1, -0.05) is 408 Å². The molecule has 2 nitrogen and oxygen atoms in total. The Kier molecular flexibility index (Phi) is 41.6. The van der Waals surface area contributed by atoms with Crippen LogP contribution in [0.4, 0.5) is 0 Å². The van der Waals surface area contributed by atoms with E-state index in [9.17, 15) is 0 Å². The molecule has 8 aliphatic carbocycles. The molecule has 16 atom stereocenters. The van der Waals surface area contributed by atoms with Crippen molar-refractivity contribution in [1.82, 2.24) is 0 Å². The van der Waals surface area contributed by atoms with Gasteiger partial charge in [0.05, 0.1) is 12.2 Å². The molecule has 0 saturated heterocycles. The van der Waals surface area contributed by atoms with E-state index in [1.165, 1.54) is 228 Å². The van der Waals surface area contributed by atoms with Gasteiger partial charge in [0.15, 0.2) is 0 Å². The molecular weight excluding hydrogens is 2180 g/mol. The summed E-state index contributed by atoms with van der Waals surface area (Å²) in [6.07, 6.45) is 64.3. The van der Waals surface area contributed by atoms with Gasteiger partial charge in [0.1, 0.15) is 0 Å². The Morgan fingerprint density at radius 1 is 0.383 bits per heavy atom. The minimum atomic E-state index is -3.06. The fourth-order valence-corrected chi connectivity index (χ4v) is 46.9. The Labute approximate surface area is 858 Å². The zero-order valence-corrected chi connectivity index (χ0v) is 97.8. The van der Waals surface area contributed by atoms with Crippen LogP contribution in [-0.2, 0) is 37.9 Å². The Balaban J connectivity index is 0.000000211. The van der Waals surface area contributed by atoms with E-state index in [4.69, 9.17) is 91.2 Å². The fraction of sp³-hybridized carbons (Fsp3) is 0.500. The molecular formula is C112H146Cl6K2O2P4Pt2. The molecule has 6 saturated carbocycles. The van der Waals surface area contributed by atoms with Crippen molar-refractivity contribution in [2.45, 2.75) is 246 Å². The SMILES string of the molecule is C=P(c1ccccc1)(c1ccccc1)C(CCO[C@H]1CC[C@@]2(C)C(=CC[C@H]3[C@@H]4CC[C@H]([C@H](C)CCCC(C)C)[C@@]4(C)CC[C@@H]32)C1)P(=C)(c1ccccc1)c1ccccc1.[CH-]=P(c1ccccc1)(c1ccccc1)C(CCO[C@H]1CC[C@@]2(C)C(=CC[C@H]3[C@@H]4CC[C@H]([C@H](C)CCCC(C)C)[C@@]4(C)CC[C@@H]32)C1)P(=[CH-])(c1ccccc1)c1ccccc1.[Cl][Pt+2][Cl].[Cl][Pt]([Cl])([Cl])[Cl].[K][K]. The second-order valence-corrected chi connectivity index (χ2v) is 77.9. The number of benzene rings is 8. The third-order valence-electron chi connectivity index (χ3n) is 33.5. The Hall–Kier alpha value is 0.749. The zero-order valence-electron chi connectivity index (χ0n) is 78.9. The van der Waals surface area contributed by atoms with Gasteiger partial charge in [0.25, 0.3) is 0 Å². The molecule has 8 aromatic carbocycles. The second-order valence-electron chi connectivity index (χ2n) is 40.9. The zero-order chi connectivity index (χ0) is 91.7. The molecule has 0 heterocycles. The summed E-state index contributed by atoms with van der Waals surface area (Å²) in [5, 5.41) is 10.4. The number of hydrogen-bond donors (Lipinski definition) is 0. The third kappa shape index (κ3) is 24.7. The van der Waals surface area contributed by atoms with Crippen LogP contribution in [0.15, 0.2) is 266 Å². The van der Waals surface area contributed by atoms with Gasteiger partial charge in [-0.25, -0.2) is 13.8 Å². The number of rotatable bonds is 30. The first-order valence-corrected chi connectivity index (χ1v) is 89.4. The summed E-state index contributed by atoms with van der Waals surface area (Å²) in [6, 6.07) is 88.4. The van der Waals surface area contributed by atoms with Crippen LogP contribution in [0.5, 0.6) is 0 Å². The first-order chi connectivity index (χ1) is 61.4. The predicted octanol–water partition coefficient (Wildman–Crippen LogP) is 29.8. The monoisotopic (exact) mass is 2320 g/mol. The van der Waals surface area contributed by atoms with E-state index < -0.39 is 55.9 Å². The number of allylic oxidation sites excluding steroid dienone is 2. The van der Waals surface area contributed by atoms with Gasteiger partial charge in [-0.2, -0.15) is 0 Å². The summed E-state index contributed by atoms with van der Waals surface area (Å²) < 4.78 is 14.3. The number of ether oxygens (including phenoxy) is 2. The van der Waals surface area contributed by atoms with Crippen molar-refractivity contribution < 1.29 is 37.9 Å². The Morgan fingerprint density at radius 3 is 0.922 bits per heavy atom. The maximum atomic E-state index is 8.13. The molecule has 0 unspecified atom stereocenters. The first-order valence-electron chi connectivity index (χ1n) is 48.6. The maximum absolute atomic E-state index is 8.13. The molecule has 128 heavy (non-hydrogen) atoms. The molecule has 6 fully saturated rings.